The molecule has 0 amide bonds. The highest BCUT2D eigenvalue weighted by Crippen LogP contribution is 2.39. The van der Waals surface area contributed by atoms with Gasteiger partial charge in [-0.25, -0.2) is 8.42 Å². The minimum absolute atomic E-state index is 0.116. The quantitative estimate of drug-likeness (QED) is 0.851. The molecule has 0 saturated carbocycles. The number of sulfonamides is 1. The largest absolute Gasteiger partial charge is 0.299 e. The molecule has 1 fully saturated rings. The third-order valence-electron chi connectivity index (χ3n) is 3.50. The zero-order valence-corrected chi connectivity index (χ0v) is 12.4. The summed E-state index contributed by atoms with van der Waals surface area (Å²) in [4.78, 5) is 11.7. The van der Waals surface area contributed by atoms with Gasteiger partial charge in [-0.05, 0) is 12.1 Å². The molecule has 2 heterocycles. The average molecular weight is 311 g/mol. The molecule has 106 valence electrons. The summed E-state index contributed by atoms with van der Waals surface area (Å²) in [5, 5.41) is 0. The second kappa shape index (κ2) is 4.87. The molecule has 2 aliphatic rings. The van der Waals surface area contributed by atoms with Crippen molar-refractivity contribution < 1.29 is 13.2 Å². The van der Waals surface area contributed by atoms with Gasteiger partial charge in [-0.2, -0.15) is 13.0 Å². The van der Waals surface area contributed by atoms with E-state index >= 15 is 0 Å². The van der Waals surface area contributed by atoms with Gasteiger partial charge in [0.1, 0.15) is 22.1 Å². The molecule has 0 aromatic heterocycles. The number of rotatable bonds is 2. The SMILES string of the molecule is CC1CN(S(=O)(=O)c2cccc3c2N=S=N3)CCC1=O. The third-order valence-corrected chi connectivity index (χ3v) is 5.94. The summed E-state index contributed by atoms with van der Waals surface area (Å²) < 4.78 is 34.9. The Bertz CT molecular complexity index is 751. The number of ketones is 1. The Kier molecular flexibility index (Phi) is 3.31. The highest BCUT2D eigenvalue weighted by Gasteiger charge is 2.34. The zero-order valence-electron chi connectivity index (χ0n) is 10.8. The van der Waals surface area contributed by atoms with Crippen molar-refractivity contribution >= 4 is 38.5 Å². The maximum absolute atomic E-state index is 12.7. The Hall–Kier alpha value is -1.38. The van der Waals surface area contributed by atoms with E-state index in [1.54, 1.807) is 25.1 Å². The highest BCUT2D eigenvalue weighted by atomic mass is 32.2. The van der Waals surface area contributed by atoms with Crippen LogP contribution in [0.3, 0.4) is 0 Å². The van der Waals surface area contributed by atoms with E-state index in [9.17, 15) is 13.2 Å². The molecular weight excluding hydrogens is 298 g/mol. The number of carbonyl (C=O) groups is 1. The monoisotopic (exact) mass is 311 g/mol. The van der Waals surface area contributed by atoms with Gasteiger partial charge in [0, 0.05) is 25.4 Å². The van der Waals surface area contributed by atoms with Crippen LogP contribution in [0.25, 0.3) is 0 Å². The van der Waals surface area contributed by atoms with Gasteiger partial charge in [-0.3, -0.25) is 4.79 Å². The Morgan fingerprint density at radius 3 is 2.90 bits per heavy atom. The lowest BCUT2D eigenvalue weighted by atomic mass is 10.0. The van der Waals surface area contributed by atoms with Crippen LogP contribution in [0.4, 0.5) is 11.4 Å². The standard InChI is InChI=1S/C12H13N3O3S2/c1-8-7-15(6-5-10(8)16)20(17,18)11-4-2-3-9-12(11)14-19-13-9/h2-4,8H,5-7H2,1H3. The molecule has 2 aliphatic heterocycles. The van der Waals surface area contributed by atoms with E-state index in [0.29, 0.717) is 11.4 Å². The van der Waals surface area contributed by atoms with E-state index < -0.39 is 10.0 Å². The second-order valence-electron chi connectivity index (χ2n) is 4.87. The van der Waals surface area contributed by atoms with Crippen LogP contribution in [0.1, 0.15) is 13.3 Å². The Morgan fingerprint density at radius 1 is 1.35 bits per heavy atom. The van der Waals surface area contributed by atoms with Gasteiger partial charge in [-0.1, -0.05) is 13.0 Å². The smallest absolute Gasteiger partial charge is 0.245 e. The van der Waals surface area contributed by atoms with Gasteiger partial charge in [0.05, 0.1) is 11.4 Å². The van der Waals surface area contributed by atoms with Crippen LogP contribution >= 0.6 is 0 Å². The van der Waals surface area contributed by atoms with Gasteiger partial charge < -0.3 is 0 Å². The van der Waals surface area contributed by atoms with E-state index in [1.165, 1.54) is 4.31 Å². The third kappa shape index (κ3) is 2.13. The first kappa shape index (κ1) is 13.6. The lowest BCUT2D eigenvalue weighted by molar-refractivity contribution is -0.124. The molecule has 20 heavy (non-hydrogen) atoms. The van der Waals surface area contributed by atoms with E-state index in [-0.39, 0.29) is 36.1 Å². The van der Waals surface area contributed by atoms with Crippen molar-refractivity contribution in [3.8, 4) is 0 Å². The van der Waals surface area contributed by atoms with E-state index in [1.807, 2.05) is 0 Å². The summed E-state index contributed by atoms with van der Waals surface area (Å²) in [5.74, 6) is -0.142. The molecule has 1 unspecified atom stereocenters. The summed E-state index contributed by atoms with van der Waals surface area (Å²) in [6, 6.07) is 4.94. The van der Waals surface area contributed by atoms with Crippen LogP contribution in [0.5, 0.6) is 0 Å². The topological polar surface area (TPSA) is 79.2 Å². The lowest BCUT2D eigenvalue weighted by Crippen LogP contribution is -2.43. The first-order valence-corrected chi connectivity index (χ1v) is 8.41. The van der Waals surface area contributed by atoms with Crippen molar-refractivity contribution in [3.63, 3.8) is 0 Å². The van der Waals surface area contributed by atoms with Gasteiger partial charge in [0.15, 0.2) is 0 Å². The van der Waals surface area contributed by atoms with Crippen LogP contribution in [0.2, 0.25) is 0 Å². The summed E-state index contributed by atoms with van der Waals surface area (Å²) in [7, 11) is -3.63. The average Bonchev–Trinajstić information content (AvgIpc) is 2.89. The minimum atomic E-state index is -3.63. The highest BCUT2D eigenvalue weighted by molar-refractivity contribution is 7.89. The normalized spacial score (nSPS) is 22.6. The van der Waals surface area contributed by atoms with Gasteiger partial charge in [0.2, 0.25) is 10.0 Å². The molecule has 6 nitrogen and oxygen atoms in total. The number of piperidine rings is 1. The number of nitrogens with zero attached hydrogens (tertiary/aromatic N) is 3. The fourth-order valence-corrected chi connectivity index (χ4v) is 4.61. The molecule has 8 heteroatoms. The number of carbonyl (C=O) groups excluding carboxylic acids is 1. The number of benzene rings is 1. The molecule has 1 aromatic rings. The molecule has 0 bridgehead atoms. The molecular formula is C12H13N3O3S2. The summed E-state index contributed by atoms with van der Waals surface area (Å²) in [5.41, 5.74) is 0.985. The molecule has 3 rings (SSSR count). The number of fused-ring (bicyclic) bond motifs is 1. The van der Waals surface area contributed by atoms with Crippen molar-refractivity contribution in [2.75, 3.05) is 13.1 Å². The van der Waals surface area contributed by atoms with Crippen LogP contribution in [-0.4, -0.2) is 31.6 Å². The number of Topliss-reactive ketones (excluding diaryl/α,β-unsaturated/α-hetero) is 1. The fourth-order valence-electron chi connectivity index (χ4n) is 2.33. The van der Waals surface area contributed by atoms with Crippen LogP contribution in [0.15, 0.2) is 31.8 Å². The summed E-state index contributed by atoms with van der Waals surface area (Å²) >= 11 is 0.994. The summed E-state index contributed by atoms with van der Waals surface area (Å²) in [6.45, 7) is 2.23. The van der Waals surface area contributed by atoms with Crippen molar-refractivity contribution in [1.82, 2.24) is 4.31 Å². The van der Waals surface area contributed by atoms with Crippen molar-refractivity contribution in [1.29, 1.82) is 0 Å². The van der Waals surface area contributed by atoms with E-state index in [2.05, 4.69) is 8.73 Å². The molecule has 1 atom stereocenters. The predicted octanol–water partition coefficient (Wildman–Crippen LogP) is 2.01. The summed E-state index contributed by atoms with van der Waals surface area (Å²) in [6.07, 6.45) is 0.270. The lowest BCUT2D eigenvalue weighted by Gasteiger charge is -2.29. The van der Waals surface area contributed by atoms with Crippen LogP contribution in [-0.2, 0) is 26.2 Å². The van der Waals surface area contributed by atoms with Gasteiger partial charge in [-0.15, -0.1) is 0 Å². The fraction of sp³-hybridized carbons (Fsp3) is 0.417. The van der Waals surface area contributed by atoms with Crippen LogP contribution in [0, 0.1) is 5.92 Å². The van der Waals surface area contributed by atoms with Gasteiger partial charge >= 0.3 is 0 Å². The number of hydrogen-bond acceptors (Lipinski definition) is 5. The first-order valence-electron chi connectivity index (χ1n) is 6.24. The van der Waals surface area contributed by atoms with E-state index in [0.717, 1.165) is 11.4 Å². The number of hydrogen-bond donors (Lipinski definition) is 0. The molecule has 0 N–H and O–H groups in total. The molecule has 0 aliphatic carbocycles. The Balaban J connectivity index is 2.00. The maximum atomic E-state index is 12.7. The second-order valence-corrected chi connectivity index (χ2v) is 7.30. The maximum Gasteiger partial charge on any atom is 0.245 e. The zero-order chi connectivity index (χ0) is 14.3. The predicted molar refractivity (Wildman–Crippen MR) is 75.5 cm³/mol. The van der Waals surface area contributed by atoms with Crippen molar-refractivity contribution in [2.45, 2.75) is 18.2 Å². The van der Waals surface area contributed by atoms with Crippen molar-refractivity contribution in [3.05, 3.63) is 18.2 Å². The van der Waals surface area contributed by atoms with E-state index in [4.69, 9.17) is 0 Å². The Labute approximate surface area is 120 Å². The van der Waals surface area contributed by atoms with Crippen LogP contribution < -0.4 is 0 Å². The molecule has 0 radical (unpaired) electrons. The minimum Gasteiger partial charge on any atom is -0.299 e. The Morgan fingerprint density at radius 2 is 2.15 bits per heavy atom. The first-order chi connectivity index (χ1) is 9.50. The molecule has 1 saturated heterocycles. The molecule has 1 aromatic carbocycles. The van der Waals surface area contributed by atoms with Gasteiger partial charge in [0.25, 0.3) is 0 Å². The molecule has 0 spiro atoms. The van der Waals surface area contributed by atoms with Crippen molar-refractivity contribution in [2.24, 2.45) is 14.6 Å².